The first-order chi connectivity index (χ1) is 9.58. The van der Waals surface area contributed by atoms with Crippen molar-refractivity contribution in [2.75, 3.05) is 14.2 Å². The van der Waals surface area contributed by atoms with Crippen LogP contribution in [0.25, 0.3) is 16.5 Å². The molecular weight excluding hydrogens is 258 g/mol. The summed E-state index contributed by atoms with van der Waals surface area (Å²) in [5, 5.41) is 0.852. The summed E-state index contributed by atoms with van der Waals surface area (Å²) in [5.41, 5.74) is 2.50. The molecule has 0 atom stereocenters. The monoisotopic (exact) mass is 273 g/mol. The number of rotatable bonds is 3. The van der Waals surface area contributed by atoms with Gasteiger partial charge in [0.2, 0.25) is 0 Å². The number of hydrogen-bond acceptors (Lipinski definition) is 4. The number of carbonyl (C=O) groups excluding carboxylic acids is 2. The Balaban J connectivity index is 2.68. The first kappa shape index (κ1) is 13.9. The van der Waals surface area contributed by atoms with E-state index in [1.54, 1.807) is 0 Å². The molecule has 1 aromatic heterocycles. The first-order valence-electron chi connectivity index (χ1n) is 6.04. The number of ether oxygens (including phenoxy) is 2. The van der Waals surface area contributed by atoms with Gasteiger partial charge in [-0.25, -0.2) is 9.59 Å². The minimum atomic E-state index is -0.602. The van der Waals surface area contributed by atoms with Crippen LogP contribution < -0.4 is 0 Å². The Morgan fingerprint density at radius 2 is 1.85 bits per heavy atom. The van der Waals surface area contributed by atoms with E-state index in [9.17, 15) is 9.59 Å². The molecule has 0 amide bonds. The highest BCUT2D eigenvalue weighted by Crippen LogP contribution is 2.29. The number of esters is 2. The maximum atomic E-state index is 11.9. The van der Waals surface area contributed by atoms with Crippen LogP contribution in [0.1, 0.15) is 11.3 Å². The number of aromatic nitrogens is 1. The van der Waals surface area contributed by atoms with E-state index in [4.69, 9.17) is 4.74 Å². The van der Waals surface area contributed by atoms with Gasteiger partial charge in [0.1, 0.15) is 0 Å². The Bertz CT molecular complexity index is 697. The molecule has 0 saturated carbocycles. The molecule has 0 aliphatic rings. The van der Waals surface area contributed by atoms with Gasteiger partial charge in [-0.05, 0) is 13.0 Å². The number of nitrogens with one attached hydrogen (secondary N) is 1. The fraction of sp³-hybridized carbons (Fsp3) is 0.200. The van der Waals surface area contributed by atoms with E-state index in [0.29, 0.717) is 5.56 Å². The van der Waals surface area contributed by atoms with Crippen molar-refractivity contribution in [2.45, 2.75) is 6.92 Å². The Morgan fingerprint density at radius 1 is 1.15 bits per heavy atom. The fourth-order valence-electron chi connectivity index (χ4n) is 2.14. The van der Waals surface area contributed by atoms with Crippen LogP contribution in [0.4, 0.5) is 0 Å². The third-order valence-electron chi connectivity index (χ3n) is 3.03. The number of methoxy groups -OCH3 is 2. The molecular formula is C15H15NO4. The number of carbonyl (C=O) groups is 2. The topological polar surface area (TPSA) is 68.4 Å². The maximum Gasteiger partial charge on any atom is 0.338 e. The quantitative estimate of drug-likeness (QED) is 0.687. The molecule has 1 N–H and O–H groups in total. The average molecular weight is 273 g/mol. The van der Waals surface area contributed by atoms with Crippen LogP contribution in [0.15, 0.2) is 30.3 Å². The van der Waals surface area contributed by atoms with E-state index in [1.807, 2.05) is 31.2 Å². The van der Waals surface area contributed by atoms with E-state index in [-0.39, 0.29) is 5.57 Å². The Hall–Kier alpha value is -2.56. The number of hydrogen-bond donors (Lipinski definition) is 1. The minimum Gasteiger partial charge on any atom is -0.466 e. The summed E-state index contributed by atoms with van der Waals surface area (Å²) in [7, 11) is 2.54. The highest BCUT2D eigenvalue weighted by atomic mass is 16.5. The van der Waals surface area contributed by atoms with Gasteiger partial charge in [-0.2, -0.15) is 0 Å². The molecule has 0 bridgehead atoms. The minimum absolute atomic E-state index is 0.175. The van der Waals surface area contributed by atoms with E-state index < -0.39 is 11.9 Å². The smallest absolute Gasteiger partial charge is 0.338 e. The zero-order chi connectivity index (χ0) is 14.7. The Kier molecular flexibility index (Phi) is 3.89. The number of H-pyrrole nitrogens is 1. The van der Waals surface area contributed by atoms with Crippen LogP contribution in [0, 0.1) is 6.92 Å². The highest BCUT2D eigenvalue weighted by molar-refractivity contribution is 6.24. The Labute approximate surface area is 116 Å². The van der Waals surface area contributed by atoms with E-state index in [1.165, 1.54) is 14.2 Å². The van der Waals surface area contributed by atoms with Crippen LogP contribution in [-0.2, 0) is 19.1 Å². The zero-order valence-electron chi connectivity index (χ0n) is 11.5. The standard InChI is InChI=1S/C15H15NO4/c1-9-14(10-6-4-5-7-12(10)16-9)11(15(18)20-3)8-13(17)19-2/h4-8,16H,1-3H3/b11-8+. The zero-order valence-corrected chi connectivity index (χ0v) is 11.5. The maximum absolute atomic E-state index is 11.9. The summed E-state index contributed by atoms with van der Waals surface area (Å²) in [6.07, 6.45) is 1.15. The van der Waals surface area contributed by atoms with Gasteiger partial charge in [0.05, 0.1) is 19.8 Å². The van der Waals surface area contributed by atoms with Gasteiger partial charge in [0.15, 0.2) is 0 Å². The second-order valence-electron chi connectivity index (χ2n) is 4.24. The third-order valence-corrected chi connectivity index (χ3v) is 3.03. The lowest BCUT2D eigenvalue weighted by atomic mass is 10.0. The summed E-state index contributed by atoms with van der Waals surface area (Å²) < 4.78 is 9.35. The first-order valence-corrected chi connectivity index (χ1v) is 6.04. The largest absolute Gasteiger partial charge is 0.466 e. The lowest BCUT2D eigenvalue weighted by molar-refractivity contribution is -0.136. The number of aromatic amines is 1. The Morgan fingerprint density at radius 3 is 2.50 bits per heavy atom. The normalized spacial score (nSPS) is 11.4. The summed E-state index contributed by atoms with van der Waals surface area (Å²) >= 11 is 0. The summed E-state index contributed by atoms with van der Waals surface area (Å²) in [6.45, 7) is 1.84. The van der Waals surface area contributed by atoms with Gasteiger partial charge in [0.25, 0.3) is 0 Å². The van der Waals surface area contributed by atoms with Crippen molar-refractivity contribution in [3.8, 4) is 0 Å². The van der Waals surface area contributed by atoms with E-state index >= 15 is 0 Å². The molecule has 0 fully saturated rings. The van der Waals surface area contributed by atoms with Crippen molar-refractivity contribution in [2.24, 2.45) is 0 Å². The number of fused-ring (bicyclic) bond motifs is 1. The predicted molar refractivity (Wildman–Crippen MR) is 75.0 cm³/mol. The fourth-order valence-corrected chi connectivity index (χ4v) is 2.14. The summed E-state index contributed by atoms with van der Waals surface area (Å²) in [5.74, 6) is -1.18. The van der Waals surface area contributed by atoms with Crippen LogP contribution in [0.3, 0.4) is 0 Å². The molecule has 0 saturated heterocycles. The number of aryl methyl sites for hydroxylation is 1. The van der Waals surface area contributed by atoms with Gasteiger partial charge in [0, 0.05) is 28.2 Å². The van der Waals surface area contributed by atoms with Gasteiger partial charge in [-0.1, -0.05) is 18.2 Å². The van der Waals surface area contributed by atoms with Crippen molar-refractivity contribution in [3.63, 3.8) is 0 Å². The second-order valence-corrected chi connectivity index (χ2v) is 4.24. The predicted octanol–water partition coefficient (Wildman–Crippen LogP) is 2.21. The molecule has 0 aliphatic carbocycles. The molecule has 0 unspecified atom stereocenters. The van der Waals surface area contributed by atoms with Crippen molar-refractivity contribution >= 4 is 28.4 Å². The highest BCUT2D eigenvalue weighted by Gasteiger charge is 2.20. The van der Waals surface area contributed by atoms with Gasteiger partial charge in [-0.3, -0.25) is 0 Å². The molecule has 5 nitrogen and oxygen atoms in total. The lowest BCUT2D eigenvalue weighted by Gasteiger charge is -2.06. The molecule has 1 heterocycles. The molecule has 5 heteroatoms. The molecule has 20 heavy (non-hydrogen) atoms. The molecule has 2 aromatic rings. The summed E-state index contributed by atoms with van der Waals surface area (Å²) in [6, 6.07) is 7.54. The third kappa shape index (κ3) is 2.42. The molecule has 0 radical (unpaired) electrons. The average Bonchev–Trinajstić information content (AvgIpc) is 2.79. The number of para-hydroxylation sites is 1. The molecule has 0 spiro atoms. The second kappa shape index (κ2) is 5.61. The summed E-state index contributed by atoms with van der Waals surface area (Å²) in [4.78, 5) is 26.6. The van der Waals surface area contributed by atoms with E-state index in [0.717, 1.165) is 22.7 Å². The molecule has 2 rings (SSSR count). The number of benzene rings is 1. The van der Waals surface area contributed by atoms with Crippen molar-refractivity contribution in [1.29, 1.82) is 0 Å². The molecule has 0 aliphatic heterocycles. The van der Waals surface area contributed by atoms with Gasteiger partial charge < -0.3 is 14.5 Å². The van der Waals surface area contributed by atoms with Crippen LogP contribution >= 0.6 is 0 Å². The molecule has 1 aromatic carbocycles. The van der Waals surface area contributed by atoms with Gasteiger partial charge in [-0.15, -0.1) is 0 Å². The van der Waals surface area contributed by atoms with Crippen LogP contribution in [-0.4, -0.2) is 31.1 Å². The van der Waals surface area contributed by atoms with Crippen LogP contribution in [0.5, 0.6) is 0 Å². The van der Waals surface area contributed by atoms with Crippen LogP contribution in [0.2, 0.25) is 0 Å². The van der Waals surface area contributed by atoms with Crippen molar-refractivity contribution in [3.05, 3.63) is 41.6 Å². The van der Waals surface area contributed by atoms with E-state index in [2.05, 4.69) is 9.72 Å². The van der Waals surface area contributed by atoms with Crippen molar-refractivity contribution < 1.29 is 19.1 Å². The SMILES string of the molecule is COC(=O)/C=C(/C(=O)OC)c1c(C)[nH]c2ccccc12. The van der Waals surface area contributed by atoms with Crippen molar-refractivity contribution in [1.82, 2.24) is 4.98 Å². The molecule has 104 valence electrons. The lowest BCUT2D eigenvalue weighted by Crippen LogP contribution is -2.08. The van der Waals surface area contributed by atoms with Gasteiger partial charge >= 0.3 is 11.9 Å².